The fourth-order valence-corrected chi connectivity index (χ4v) is 16.4. The molecule has 1 aromatic heterocycles. The third-order valence-electron chi connectivity index (χ3n) is 22.0. The minimum Gasteiger partial charge on any atom is -0.457 e. The van der Waals surface area contributed by atoms with Crippen molar-refractivity contribution >= 4 is 79.2 Å². The minimum atomic E-state index is -0.0992. The molecular formula is C76H87BN2O. The molecule has 0 bridgehead atoms. The van der Waals surface area contributed by atoms with Crippen molar-refractivity contribution in [2.45, 2.75) is 218 Å². The highest BCUT2D eigenvalue weighted by Gasteiger charge is 2.50. The van der Waals surface area contributed by atoms with E-state index in [0.717, 1.165) is 30.4 Å². The van der Waals surface area contributed by atoms with Gasteiger partial charge in [0.2, 0.25) is 0 Å². The molecule has 3 nitrogen and oxygen atoms in total. The molecule has 1 fully saturated rings. The molecule has 2 aliphatic heterocycles. The summed E-state index contributed by atoms with van der Waals surface area (Å²) in [6, 6.07) is 47.1. The smallest absolute Gasteiger partial charge is 0.257 e. The summed E-state index contributed by atoms with van der Waals surface area (Å²) in [7, 11) is 0. The van der Waals surface area contributed by atoms with Crippen molar-refractivity contribution in [1.29, 1.82) is 0 Å². The van der Waals surface area contributed by atoms with E-state index in [9.17, 15) is 0 Å². The second-order valence-corrected chi connectivity index (χ2v) is 31.1. The predicted molar refractivity (Wildman–Crippen MR) is 344 cm³/mol. The molecule has 7 aromatic carbocycles. The van der Waals surface area contributed by atoms with Gasteiger partial charge in [0.15, 0.2) is 0 Å². The van der Waals surface area contributed by atoms with Crippen LogP contribution in [0, 0.1) is 0 Å². The average molecular weight is 1060 g/mol. The van der Waals surface area contributed by atoms with Gasteiger partial charge < -0.3 is 14.2 Å². The fraction of sp³-hybridized carbons (Fsp3) is 0.447. The molecular weight excluding hydrogens is 968 g/mol. The molecule has 0 N–H and O–H groups in total. The van der Waals surface area contributed by atoms with Crippen LogP contribution >= 0.6 is 0 Å². The van der Waals surface area contributed by atoms with Gasteiger partial charge in [-0.1, -0.05) is 172 Å². The predicted octanol–water partition coefficient (Wildman–Crippen LogP) is 19.7. The van der Waals surface area contributed by atoms with E-state index >= 15 is 0 Å². The second kappa shape index (κ2) is 17.3. The van der Waals surface area contributed by atoms with Gasteiger partial charge in [-0.05, 0) is 228 Å². The molecule has 4 heteroatoms. The number of furan rings is 1. The van der Waals surface area contributed by atoms with Crippen LogP contribution in [0.2, 0.25) is 0 Å². The summed E-state index contributed by atoms with van der Waals surface area (Å²) >= 11 is 0. The Labute approximate surface area is 480 Å². The highest BCUT2D eigenvalue weighted by molar-refractivity contribution is 7.01. The molecule has 0 spiro atoms. The molecule has 0 saturated heterocycles. The van der Waals surface area contributed by atoms with Crippen molar-refractivity contribution in [3.8, 4) is 11.1 Å². The van der Waals surface area contributed by atoms with Crippen molar-refractivity contribution in [2.75, 3.05) is 9.80 Å². The van der Waals surface area contributed by atoms with Gasteiger partial charge in [-0.3, -0.25) is 0 Å². The third-order valence-corrected chi connectivity index (χ3v) is 22.0. The lowest BCUT2D eigenvalue weighted by Gasteiger charge is -2.48. The largest absolute Gasteiger partial charge is 0.457 e. The lowest BCUT2D eigenvalue weighted by Crippen LogP contribution is -2.62. The summed E-state index contributed by atoms with van der Waals surface area (Å²) in [4.78, 5) is 5.51. The third kappa shape index (κ3) is 7.78. The first kappa shape index (κ1) is 52.1. The maximum Gasteiger partial charge on any atom is 0.257 e. The Morgan fingerprint density at radius 3 is 1.62 bits per heavy atom. The Kier molecular flexibility index (Phi) is 11.3. The SMILES string of the molecule is CC(C)(C)c1ccc(N2c3cc(C4CCCCC4)cc4c3B(c3cc5c(cc3N4c3ccc4c(c3)C(C)(C)CCC4(C)C)C(C)(C)CCC5(C)C)c3c2ccc2c3oc3cc4c(cc32)C(C)(C)CCC4(C)C)c(-c2ccccc2)c1. The molecule has 410 valence electrons. The van der Waals surface area contributed by atoms with Crippen LogP contribution in [0.3, 0.4) is 0 Å². The molecule has 4 aliphatic carbocycles. The van der Waals surface area contributed by atoms with Crippen LogP contribution in [-0.4, -0.2) is 6.71 Å². The van der Waals surface area contributed by atoms with Gasteiger partial charge in [0.25, 0.3) is 6.71 Å². The molecule has 3 heterocycles. The lowest BCUT2D eigenvalue weighted by molar-refractivity contribution is 0.332. The number of hydrogen-bond acceptors (Lipinski definition) is 3. The number of benzene rings is 7. The highest BCUT2D eigenvalue weighted by Crippen LogP contribution is 2.56. The molecule has 0 amide bonds. The summed E-state index contributed by atoms with van der Waals surface area (Å²) < 4.78 is 7.75. The first-order valence-electron chi connectivity index (χ1n) is 31.1. The zero-order chi connectivity index (χ0) is 56.0. The zero-order valence-electron chi connectivity index (χ0n) is 51.2. The van der Waals surface area contributed by atoms with Crippen molar-refractivity contribution in [3.63, 3.8) is 0 Å². The van der Waals surface area contributed by atoms with Gasteiger partial charge in [-0.15, -0.1) is 0 Å². The van der Waals surface area contributed by atoms with E-state index in [0.29, 0.717) is 5.92 Å². The standard InChI is InChI=1S/C76H87BN2O/c1-70(2,3)49-26-30-61(52(40-49)47-24-20-17-21-25-47)79-62-31-28-51-53-42-56-59(76(14,15)37-34-73(56,8)9)45-66(53)80-69(51)68(62)77-60-43-57-58(75(12,13)36-35-74(57,10)11)44-63(60)78(50-27-29-54-55(41-50)72(6,7)33-32-71(54,4)5)64-38-48(39-65(79)67(64)77)46-22-18-16-19-23-46/h17,20-21,24-31,38-46H,16,18-19,22-23,32-37H2,1-15H3. The summed E-state index contributed by atoms with van der Waals surface area (Å²) in [6.45, 7) is 36.8. The molecule has 8 aromatic rings. The van der Waals surface area contributed by atoms with E-state index in [-0.39, 0.29) is 44.6 Å². The molecule has 14 rings (SSSR count). The van der Waals surface area contributed by atoms with Crippen molar-refractivity contribution in [3.05, 3.63) is 160 Å². The van der Waals surface area contributed by atoms with Crippen LogP contribution in [0.1, 0.15) is 225 Å². The van der Waals surface area contributed by atoms with Gasteiger partial charge in [0.1, 0.15) is 11.2 Å². The van der Waals surface area contributed by atoms with E-state index in [1.54, 1.807) is 0 Å². The number of rotatable bonds is 4. The van der Waals surface area contributed by atoms with Crippen LogP contribution in [0.4, 0.5) is 34.1 Å². The summed E-state index contributed by atoms with van der Waals surface area (Å²) in [5.74, 6) is 0.482. The Hall–Kier alpha value is -6.00. The zero-order valence-corrected chi connectivity index (χ0v) is 51.2. The first-order chi connectivity index (χ1) is 37.7. The number of anilines is 6. The Balaban J connectivity index is 1.16. The fourth-order valence-electron chi connectivity index (χ4n) is 16.4. The Bertz CT molecular complexity index is 3880. The monoisotopic (exact) mass is 1050 g/mol. The van der Waals surface area contributed by atoms with Crippen LogP contribution < -0.4 is 26.2 Å². The topological polar surface area (TPSA) is 19.6 Å². The van der Waals surface area contributed by atoms with Gasteiger partial charge in [0.05, 0.1) is 5.69 Å². The van der Waals surface area contributed by atoms with E-state index in [4.69, 9.17) is 4.42 Å². The quantitative estimate of drug-likeness (QED) is 0.164. The van der Waals surface area contributed by atoms with E-state index < -0.39 is 0 Å². The molecule has 0 atom stereocenters. The molecule has 0 radical (unpaired) electrons. The summed E-state index contributed by atoms with van der Waals surface area (Å²) in [6.07, 6.45) is 13.3. The van der Waals surface area contributed by atoms with Gasteiger partial charge in [-0.25, -0.2) is 0 Å². The maximum atomic E-state index is 7.75. The van der Waals surface area contributed by atoms with Gasteiger partial charge in [-0.2, -0.15) is 0 Å². The van der Waals surface area contributed by atoms with Crippen LogP contribution in [-0.2, 0) is 37.9 Å². The second-order valence-electron chi connectivity index (χ2n) is 31.1. The number of hydrogen-bond donors (Lipinski definition) is 0. The average Bonchev–Trinajstić information content (AvgIpc) is 3.93. The van der Waals surface area contributed by atoms with E-state index in [1.807, 2.05) is 0 Å². The normalized spacial score (nSPS) is 20.9. The summed E-state index contributed by atoms with van der Waals surface area (Å²) in [5, 5.41) is 2.46. The maximum absolute atomic E-state index is 7.75. The van der Waals surface area contributed by atoms with Crippen LogP contribution in [0.5, 0.6) is 0 Å². The Morgan fingerprint density at radius 2 is 1.00 bits per heavy atom. The van der Waals surface area contributed by atoms with Crippen molar-refractivity contribution in [1.82, 2.24) is 0 Å². The summed E-state index contributed by atoms with van der Waals surface area (Å²) in [5.41, 5.74) is 28.3. The number of fused-ring (bicyclic) bond motifs is 11. The van der Waals surface area contributed by atoms with Crippen LogP contribution in [0.25, 0.3) is 33.1 Å². The van der Waals surface area contributed by atoms with E-state index in [1.165, 1.54) is 168 Å². The van der Waals surface area contributed by atoms with Crippen molar-refractivity contribution < 1.29 is 4.42 Å². The highest BCUT2D eigenvalue weighted by atomic mass is 16.3. The molecule has 6 aliphatic rings. The minimum absolute atomic E-state index is 0.00700. The lowest BCUT2D eigenvalue weighted by atomic mass is 9.32. The molecule has 80 heavy (non-hydrogen) atoms. The molecule has 1 saturated carbocycles. The van der Waals surface area contributed by atoms with Gasteiger partial charge in [0, 0.05) is 44.8 Å². The van der Waals surface area contributed by atoms with Gasteiger partial charge >= 0.3 is 0 Å². The Morgan fingerprint density at radius 1 is 0.450 bits per heavy atom. The number of nitrogens with zero attached hydrogens (tertiary/aromatic N) is 2. The van der Waals surface area contributed by atoms with Crippen molar-refractivity contribution in [2.24, 2.45) is 0 Å². The first-order valence-corrected chi connectivity index (χ1v) is 31.1. The van der Waals surface area contributed by atoms with E-state index in [2.05, 4.69) is 229 Å². The molecule has 0 unspecified atom stereocenters. The van der Waals surface area contributed by atoms with Crippen LogP contribution in [0.15, 0.2) is 120 Å².